The minimum atomic E-state index is -0.288. The standard InChI is InChI=1S/C22H17FN2O2S/c23-16-5-3-4-14(12-16)10-11-24-21(26)15-8-9-20-18(13-15)25-22(27)17-6-1-2-7-19(17)28-20/h1-9,12-13H,10-11H2,(H,24,26)(H,25,27). The predicted molar refractivity (Wildman–Crippen MR) is 107 cm³/mol. The van der Waals surface area contributed by atoms with Crippen molar-refractivity contribution in [2.45, 2.75) is 16.2 Å². The third-order valence-electron chi connectivity index (χ3n) is 4.43. The normalized spacial score (nSPS) is 12.4. The van der Waals surface area contributed by atoms with Gasteiger partial charge in [0.2, 0.25) is 0 Å². The molecule has 0 spiro atoms. The summed E-state index contributed by atoms with van der Waals surface area (Å²) < 4.78 is 13.2. The van der Waals surface area contributed by atoms with Gasteiger partial charge in [-0.2, -0.15) is 0 Å². The van der Waals surface area contributed by atoms with Crippen molar-refractivity contribution in [1.29, 1.82) is 0 Å². The van der Waals surface area contributed by atoms with Crippen molar-refractivity contribution in [1.82, 2.24) is 5.32 Å². The minimum absolute atomic E-state index is 0.189. The van der Waals surface area contributed by atoms with E-state index in [9.17, 15) is 14.0 Å². The SMILES string of the molecule is O=C(NCCc1cccc(F)c1)c1ccc2c(c1)NC(=O)c1ccccc1S2. The van der Waals surface area contributed by atoms with Crippen molar-refractivity contribution >= 4 is 29.3 Å². The van der Waals surface area contributed by atoms with E-state index >= 15 is 0 Å². The van der Waals surface area contributed by atoms with Gasteiger partial charge >= 0.3 is 0 Å². The van der Waals surface area contributed by atoms with Crippen molar-refractivity contribution in [3.05, 3.63) is 89.2 Å². The quantitative estimate of drug-likeness (QED) is 0.687. The van der Waals surface area contributed by atoms with Crippen LogP contribution >= 0.6 is 11.8 Å². The summed E-state index contributed by atoms with van der Waals surface area (Å²) in [4.78, 5) is 26.7. The molecule has 0 unspecified atom stereocenters. The Hall–Kier alpha value is -3.12. The Labute approximate surface area is 166 Å². The molecule has 1 aliphatic heterocycles. The molecule has 0 atom stereocenters. The van der Waals surface area contributed by atoms with Crippen LogP contribution in [0.3, 0.4) is 0 Å². The number of hydrogen-bond acceptors (Lipinski definition) is 3. The topological polar surface area (TPSA) is 58.2 Å². The third-order valence-corrected chi connectivity index (χ3v) is 5.58. The van der Waals surface area contributed by atoms with Crippen molar-refractivity contribution in [2.75, 3.05) is 11.9 Å². The molecule has 0 saturated carbocycles. The Balaban J connectivity index is 1.46. The molecule has 4 nitrogen and oxygen atoms in total. The summed E-state index contributed by atoms with van der Waals surface area (Å²) in [6.45, 7) is 0.395. The molecule has 0 aromatic heterocycles. The first kappa shape index (κ1) is 18.3. The van der Waals surface area contributed by atoms with Crippen molar-refractivity contribution in [3.8, 4) is 0 Å². The molecule has 6 heteroatoms. The maximum Gasteiger partial charge on any atom is 0.256 e. The van der Waals surface area contributed by atoms with Crippen LogP contribution in [0.5, 0.6) is 0 Å². The van der Waals surface area contributed by atoms with Crippen molar-refractivity contribution in [3.63, 3.8) is 0 Å². The zero-order chi connectivity index (χ0) is 19.5. The first-order valence-corrected chi connectivity index (χ1v) is 9.67. The largest absolute Gasteiger partial charge is 0.352 e. The molecule has 2 amide bonds. The van der Waals surface area contributed by atoms with E-state index in [4.69, 9.17) is 0 Å². The van der Waals surface area contributed by atoms with Crippen LogP contribution in [0.2, 0.25) is 0 Å². The summed E-state index contributed by atoms with van der Waals surface area (Å²) in [7, 11) is 0. The van der Waals surface area contributed by atoms with Crippen molar-refractivity contribution in [2.24, 2.45) is 0 Å². The van der Waals surface area contributed by atoms with Crippen LogP contribution in [0, 0.1) is 5.82 Å². The van der Waals surface area contributed by atoms with Crippen LogP contribution in [-0.2, 0) is 6.42 Å². The molecule has 3 aromatic rings. The fourth-order valence-corrected chi connectivity index (χ4v) is 4.03. The second-order valence-electron chi connectivity index (χ2n) is 6.40. The first-order chi connectivity index (χ1) is 13.6. The Morgan fingerprint density at radius 3 is 2.71 bits per heavy atom. The maximum atomic E-state index is 13.2. The summed E-state index contributed by atoms with van der Waals surface area (Å²) in [6, 6.07) is 19.0. The third kappa shape index (κ3) is 3.92. The molecular weight excluding hydrogens is 375 g/mol. The lowest BCUT2D eigenvalue weighted by Crippen LogP contribution is -2.25. The molecule has 0 saturated heterocycles. The van der Waals surface area contributed by atoms with Crippen LogP contribution in [0.25, 0.3) is 0 Å². The first-order valence-electron chi connectivity index (χ1n) is 8.85. The molecule has 4 rings (SSSR count). The minimum Gasteiger partial charge on any atom is -0.352 e. The van der Waals surface area contributed by atoms with Gasteiger partial charge in [-0.05, 0) is 54.4 Å². The highest BCUT2D eigenvalue weighted by atomic mass is 32.2. The smallest absolute Gasteiger partial charge is 0.256 e. The number of anilines is 1. The molecule has 140 valence electrons. The molecule has 3 aromatic carbocycles. The molecule has 0 bridgehead atoms. The van der Waals surface area contributed by atoms with Crippen LogP contribution < -0.4 is 10.6 Å². The number of halogens is 1. The van der Waals surface area contributed by atoms with Gasteiger partial charge in [0.05, 0.1) is 11.3 Å². The van der Waals surface area contributed by atoms with Crippen LogP contribution in [0.1, 0.15) is 26.3 Å². The Morgan fingerprint density at radius 2 is 1.86 bits per heavy atom. The highest BCUT2D eigenvalue weighted by Gasteiger charge is 2.20. The average Bonchev–Trinajstić information content (AvgIpc) is 2.83. The van der Waals surface area contributed by atoms with Gasteiger partial charge < -0.3 is 10.6 Å². The van der Waals surface area contributed by atoms with Gasteiger partial charge in [-0.1, -0.05) is 36.0 Å². The fraction of sp³-hybridized carbons (Fsp3) is 0.0909. The van der Waals surface area contributed by atoms with E-state index in [1.165, 1.54) is 23.9 Å². The van der Waals surface area contributed by atoms with Crippen molar-refractivity contribution < 1.29 is 14.0 Å². The number of fused-ring (bicyclic) bond motifs is 2. The zero-order valence-corrected chi connectivity index (χ0v) is 15.7. The lowest BCUT2D eigenvalue weighted by molar-refractivity contribution is 0.0952. The lowest BCUT2D eigenvalue weighted by Gasteiger charge is -2.10. The number of hydrogen-bond donors (Lipinski definition) is 2. The summed E-state index contributed by atoms with van der Waals surface area (Å²) in [6.07, 6.45) is 0.538. The van der Waals surface area contributed by atoms with Gasteiger partial charge in [-0.15, -0.1) is 0 Å². The van der Waals surface area contributed by atoms with E-state index in [0.717, 1.165) is 15.4 Å². The predicted octanol–water partition coefficient (Wildman–Crippen LogP) is 4.52. The maximum absolute atomic E-state index is 13.2. The second-order valence-corrected chi connectivity index (χ2v) is 7.48. The Bertz CT molecular complexity index is 1070. The number of amides is 2. The molecular formula is C22H17FN2O2S. The van der Waals surface area contributed by atoms with E-state index in [1.54, 1.807) is 24.3 Å². The highest BCUT2D eigenvalue weighted by Crippen LogP contribution is 2.38. The van der Waals surface area contributed by atoms with Crippen LogP contribution in [-0.4, -0.2) is 18.4 Å². The summed E-state index contributed by atoms with van der Waals surface area (Å²) in [5.74, 6) is -0.713. The molecule has 28 heavy (non-hydrogen) atoms. The number of carbonyl (C=O) groups is 2. The Morgan fingerprint density at radius 1 is 1.00 bits per heavy atom. The monoisotopic (exact) mass is 392 g/mol. The molecule has 1 heterocycles. The molecule has 0 radical (unpaired) electrons. The fourth-order valence-electron chi connectivity index (χ4n) is 3.02. The van der Waals surface area contributed by atoms with E-state index in [0.29, 0.717) is 29.8 Å². The summed E-state index contributed by atoms with van der Waals surface area (Å²) >= 11 is 1.49. The molecule has 0 fully saturated rings. The van der Waals surface area contributed by atoms with Gasteiger partial charge in [0, 0.05) is 21.9 Å². The van der Waals surface area contributed by atoms with Crippen LogP contribution in [0.15, 0.2) is 76.5 Å². The van der Waals surface area contributed by atoms with Gasteiger partial charge in [0.15, 0.2) is 0 Å². The second kappa shape index (κ2) is 7.86. The molecule has 0 aliphatic carbocycles. The zero-order valence-electron chi connectivity index (χ0n) is 14.9. The number of carbonyl (C=O) groups excluding carboxylic acids is 2. The van der Waals surface area contributed by atoms with E-state index in [1.807, 2.05) is 30.3 Å². The highest BCUT2D eigenvalue weighted by molar-refractivity contribution is 7.99. The molecule has 2 N–H and O–H groups in total. The number of benzene rings is 3. The van der Waals surface area contributed by atoms with Gasteiger partial charge in [0.1, 0.15) is 5.82 Å². The average molecular weight is 392 g/mol. The van der Waals surface area contributed by atoms with E-state index in [-0.39, 0.29) is 17.6 Å². The Kier molecular flexibility index (Phi) is 5.12. The molecule has 1 aliphatic rings. The van der Waals surface area contributed by atoms with Gasteiger partial charge in [-0.25, -0.2) is 4.39 Å². The van der Waals surface area contributed by atoms with Gasteiger partial charge in [-0.3, -0.25) is 9.59 Å². The lowest BCUT2D eigenvalue weighted by atomic mass is 10.1. The summed E-state index contributed by atoms with van der Waals surface area (Å²) in [5, 5.41) is 5.72. The number of nitrogens with one attached hydrogen (secondary N) is 2. The van der Waals surface area contributed by atoms with E-state index in [2.05, 4.69) is 10.6 Å². The van der Waals surface area contributed by atoms with E-state index < -0.39 is 0 Å². The summed E-state index contributed by atoms with van der Waals surface area (Å²) in [5.41, 5.74) is 2.52. The van der Waals surface area contributed by atoms with Gasteiger partial charge in [0.25, 0.3) is 11.8 Å². The van der Waals surface area contributed by atoms with Crippen LogP contribution in [0.4, 0.5) is 10.1 Å². The number of rotatable bonds is 4.